The molecule has 1 aliphatic carbocycles. The van der Waals surface area contributed by atoms with Crippen molar-refractivity contribution >= 4 is 0 Å². The van der Waals surface area contributed by atoms with Crippen molar-refractivity contribution in [2.75, 3.05) is 0 Å². The Bertz CT molecular complexity index is 107. The predicted molar refractivity (Wildman–Crippen MR) is 55.2 cm³/mol. The Labute approximate surface area is 77.7 Å². The van der Waals surface area contributed by atoms with Crippen LogP contribution in [0, 0.1) is 17.8 Å². The summed E-state index contributed by atoms with van der Waals surface area (Å²) in [6.45, 7) is 7.10. The molecule has 0 heterocycles. The summed E-state index contributed by atoms with van der Waals surface area (Å²) in [5.74, 6) is 2.91. The lowest BCUT2D eigenvalue weighted by atomic mass is 9.89. The number of hydrogen-bond acceptors (Lipinski definition) is 0. The van der Waals surface area contributed by atoms with E-state index in [0.29, 0.717) is 0 Å². The molecule has 0 heteroatoms. The third kappa shape index (κ3) is 3.16. The highest BCUT2D eigenvalue weighted by Gasteiger charge is 2.16. The van der Waals surface area contributed by atoms with E-state index in [2.05, 4.69) is 20.8 Å². The van der Waals surface area contributed by atoms with Gasteiger partial charge in [-0.05, 0) is 17.8 Å². The predicted octanol–water partition coefficient (Wildman–Crippen LogP) is 4.25. The fraction of sp³-hybridized carbons (Fsp3) is 1.00. The summed E-state index contributed by atoms with van der Waals surface area (Å²) < 4.78 is 0. The molecule has 0 N–H and O–H groups in total. The molecule has 1 aliphatic rings. The molecule has 0 aromatic rings. The molecule has 0 saturated heterocycles. The van der Waals surface area contributed by atoms with Crippen LogP contribution in [0.2, 0.25) is 0 Å². The zero-order valence-corrected chi connectivity index (χ0v) is 8.97. The molecule has 72 valence electrons. The van der Waals surface area contributed by atoms with Gasteiger partial charge in [0.2, 0.25) is 0 Å². The Morgan fingerprint density at radius 1 is 1.08 bits per heavy atom. The van der Waals surface area contributed by atoms with Gasteiger partial charge in [-0.25, -0.2) is 0 Å². The molecule has 1 unspecified atom stereocenters. The van der Waals surface area contributed by atoms with Crippen LogP contribution in [0.1, 0.15) is 59.3 Å². The molecule has 1 atom stereocenters. The molecule has 1 fully saturated rings. The van der Waals surface area contributed by atoms with E-state index >= 15 is 0 Å². The first kappa shape index (κ1) is 10.1. The zero-order chi connectivity index (χ0) is 8.97. The van der Waals surface area contributed by atoms with Crippen molar-refractivity contribution in [2.24, 2.45) is 17.8 Å². The molecule has 0 amide bonds. The lowest BCUT2D eigenvalue weighted by Gasteiger charge is -2.17. The van der Waals surface area contributed by atoms with Gasteiger partial charge in [-0.2, -0.15) is 0 Å². The van der Waals surface area contributed by atoms with Gasteiger partial charge in [0.25, 0.3) is 0 Å². The van der Waals surface area contributed by atoms with Gasteiger partial charge in [-0.15, -0.1) is 0 Å². The normalized spacial score (nSPS) is 22.0. The third-order valence-corrected chi connectivity index (χ3v) is 3.64. The molecular weight excluding hydrogens is 144 g/mol. The molecule has 12 heavy (non-hydrogen) atoms. The van der Waals surface area contributed by atoms with Crippen molar-refractivity contribution in [3.8, 4) is 0 Å². The zero-order valence-electron chi connectivity index (χ0n) is 8.97. The molecule has 0 aromatic heterocycles. The summed E-state index contributed by atoms with van der Waals surface area (Å²) in [4.78, 5) is 0. The summed E-state index contributed by atoms with van der Waals surface area (Å²) in [5, 5.41) is 0. The molecule has 1 saturated carbocycles. The monoisotopic (exact) mass is 168 g/mol. The Morgan fingerprint density at radius 3 is 2.17 bits per heavy atom. The van der Waals surface area contributed by atoms with Gasteiger partial charge < -0.3 is 0 Å². The number of rotatable bonds is 4. The van der Waals surface area contributed by atoms with Gasteiger partial charge >= 0.3 is 0 Å². The Hall–Kier alpha value is 0. The highest BCUT2D eigenvalue weighted by molar-refractivity contribution is 4.69. The van der Waals surface area contributed by atoms with Crippen molar-refractivity contribution in [1.82, 2.24) is 0 Å². The van der Waals surface area contributed by atoms with Gasteiger partial charge in [-0.1, -0.05) is 59.3 Å². The van der Waals surface area contributed by atoms with Crippen LogP contribution in [-0.2, 0) is 0 Å². The minimum absolute atomic E-state index is 0.881. The van der Waals surface area contributed by atoms with E-state index in [4.69, 9.17) is 0 Å². The minimum Gasteiger partial charge on any atom is -0.0625 e. The average Bonchev–Trinajstić information content (AvgIpc) is 2.51. The molecule has 0 nitrogen and oxygen atoms in total. The van der Waals surface area contributed by atoms with Crippen LogP contribution in [-0.4, -0.2) is 0 Å². The van der Waals surface area contributed by atoms with Gasteiger partial charge in [0.15, 0.2) is 0 Å². The lowest BCUT2D eigenvalue weighted by Crippen LogP contribution is -2.06. The third-order valence-electron chi connectivity index (χ3n) is 3.64. The molecule has 0 radical (unpaired) electrons. The first-order chi connectivity index (χ1) is 5.70. The second-order valence-corrected chi connectivity index (χ2v) is 4.95. The van der Waals surface area contributed by atoms with Crippen LogP contribution in [0.4, 0.5) is 0 Å². The first-order valence-corrected chi connectivity index (χ1v) is 5.70. The second kappa shape index (κ2) is 4.89. The number of hydrogen-bond donors (Lipinski definition) is 0. The van der Waals surface area contributed by atoms with Crippen molar-refractivity contribution < 1.29 is 0 Å². The average molecular weight is 168 g/mol. The molecule has 0 spiro atoms. The Morgan fingerprint density at radius 2 is 1.67 bits per heavy atom. The maximum atomic E-state index is 2.40. The maximum absolute atomic E-state index is 2.40. The van der Waals surface area contributed by atoms with Crippen molar-refractivity contribution in [3.05, 3.63) is 0 Å². The van der Waals surface area contributed by atoms with Crippen LogP contribution in [0.15, 0.2) is 0 Å². The van der Waals surface area contributed by atoms with Crippen LogP contribution in [0.5, 0.6) is 0 Å². The molecular formula is C12H24. The van der Waals surface area contributed by atoms with Gasteiger partial charge in [0.1, 0.15) is 0 Å². The van der Waals surface area contributed by atoms with E-state index in [9.17, 15) is 0 Å². The summed E-state index contributed by atoms with van der Waals surface area (Å²) in [7, 11) is 0. The second-order valence-electron chi connectivity index (χ2n) is 4.95. The van der Waals surface area contributed by atoms with Crippen molar-refractivity contribution in [2.45, 2.75) is 59.3 Å². The van der Waals surface area contributed by atoms with E-state index in [1.54, 1.807) is 0 Å². The molecule has 0 bridgehead atoms. The van der Waals surface area contributed by atoms with Crippen molar-refractivity contribution in [1.29, 1.82) is 0 Å². The summed E-state index contributed by atoms with van der Waals surface area (Å²) in [5.41, 5.74) is 0. The van der Waals surface area contributed by atoms with E-state index in [1.165, 1.54) is 38.5 Å². The highest BCUT2D eigenvalue weighted by atomic mass is 14.2. The SMILES string of the molecule is CC(C)C(C)CCC1CCCC1. The van der Waals surface area contributed by atoms with E-state index in [1.807, 2.05) is 0 Å². The van der Waals surface area contributed by atoms with Crippen LogP contribution in [0.3, 0.4) is 0 Å². The van der Waals surface area contributed by atoms with E-state index in [-0.39, 0.29) is 0 Å². The molecule has 1 rings (SSSR count). The summed E-state index contributed by atoms with van der Waals surface area (Å²) in [6.07, 6.45) is 9.00. The Kier molecular flexibility index (Phi) is 4.11. The largest absolute Gasteiger partial charge is 0.0625 e. The van der Waals surface area contributed by atoms with Gasteiger partial charge in [0.05, 0.1) is 0 Å². The topological polar surface area (TPSA) is 0 Å². The van der Waals surface area contributed by atoms with Crippen LogP contribution < -0.4 is 0 Å². The van der Waals surface area contributed by atoms with Crippen LogP contribution in [0.25, 0.3) is 0 Å². The summed E-state index contributed by atoms with van der Waals surface area (Å²) >= 11 is 0. The van der Waals surface area contributed by atoms with E-state index < -0.39 is 0 Å². The quantitative estimate of drug-likeness (QED) is 0.588. The fourth-order valence-electron chi connectivity index (χ4n) is 2.13. The highest BCUT2D eigenvalue weighted by Crippen LogP contribution is 2.30. The molecule has 0 aliphatic heterocycles. The summed E-state index contributed by atoms with van der Waals surface area (Å²) in [6, 6.07) is 0. The maximum Gasteiger partial charge on any atom is -0.0414 e. The standard InChI is InChI=1S/C12H24/c1-10(2)11(3)8-9-12-6-4-5-7-12/h10-12H,4-9H2,1-3H3. The van der Waals surface area contributed by atoms with Crippen LogP contribution >= 0.6 is 0 Å². The lowest BCUT2D eigenvalue weighted by molar-refractivity contribution is 0.344. The van der Waals surface area contributed by atoms with E-state index in [0.717, 1.165) is 17.8 Å². The molecule has 0 aromatic carbocycles. The van der Waals surface area contributed by atoms with Gasteiger partial charge in [-0.3, -0.25) is 0 Å². The van der Waals surface area contributed by atoms with Gasteiger partial charge in [0, 0.05) is 0 Å². The van der Waals surface area contributed by atoms with Crippen molar-refractivity contribution in [3.63, 3.8) is 0 Å². The Balaban J connectivity index is 2.07. The fourth-order valence-corrected chi connectivity index (χ4v) is 2.13. The smallest absolute Gasteiger partial charge is 0.0414 e. The minimum atomic E-state index is 0.881. The first-order valence-electron chi connectivity index (χ1n) is 5.70.